The van der Waals surface area contributed by atoms with Crippen molar-refractivity contribution in [3.63, 3.8) is 0 Å². The molecular formula is C13H18ClN. The first-order chi connectivity index (χ1) is 6.93. The Balaban J connectivity index is 2.99. The van der Waals surface area contributed by atoms with E-state index in [1.54, 1.807) is 0 Å². The molecule has 0 atom stereocenters. The molecule has 0 amide bonds. The molecule has 0 aliphatic rings. The highest BCUT2D eigenvalue weighted by Crippen LogP contribution is 2.26. The minimum absolute atomic E-state index is 0.119. The van der Waals surface area contributed by atoms with E-state index in [0.717, 1.165) is 10.6 Å². The number of rotatable bonds is 2. The summed E-state index contributed by atoms with van der Waals surface area (Å²) in [6.07, 6.45) is 2.14. The zero-order valence-electron chi connectivity index (χ0n) is 9.55. The first kappa shape index (κ1) is 12.3. The normalized spacial score (nSPS) is 13.0. The standard InChI is InChI=1S/C13H18ClN/c1-13(2,3)11(9-15)8-10-4-6-12(14)7-5-10/h4-8H,9,15H2,1-3H3/b11-8+. The van der Waals surface area contributed by atoms with E-state index in [-0.39, 0.29) is 5.41 Å². The van der Waals surface area contributed by atoms with E-state index in [9.17, 15) is 0 Å². The van der Waals surface area contributed by atoms with E-state index in [0.29, 0.717) is 6.54 Å². The van der Waals surface area contributed by atoms with Crippen LogP contribution in [-0.4, -0.2) is 6.54 Å². The van der Waals surface area contributed by atoms with Gasteiger partial charge in [-0.1, -0.05) is 56.2 Å². The van der Waals surface area contributed by atoms with Crippen LogP contribution in [0.2, 0.25) is 5.02 Å². The van der Waals surface area contributed by atoms with Crippen LogP contribution in [0.5, 0.6) is 0 Å². The lowest BCUT2D eigenvalue weighted by Gasteiger charge is -2.21. The van der Waals surface area contributed by atoms with Crippen LogP contribution < -0.4 is 5.73 Å². The van der Waals surface area contributed by atoms with E-state index in [4.69, 9.17) is 17.3 Å². The second-order valence-electron chi connectivity index (χ2n) is 4.68. The van der Waals surface area contributed by atoms with Gasteiger partial charge in [0.2, 0.25) is 0 Å². The Labute approximate surface area is 96.9 Å². The fourth-order valence-electron chi connectivity index (χ4n) is 1.34. The monoisotopic (exact) mass is 223 g/mol. The maximum absolute atomic E-state index is 5.83. The highest BCUT2D eigenvalue weighted by atomic mass is 35.5. The largest absolute Gasteiger partial charge is 0.327 e. The minimum Gasteiger partial charge on any atom is -0.327 e. The Hall–Kier alpha value is -0.790. The molecule has 0 saturated carbocycles. The molecule has 1 nitrogen and oxygen atoms in total. The molecular weight excluding hydrogens is 206 g/mol. The van der Waals surface area contributed by atoms with E-state index < -0.39 is 0 Å². The van der Waals surface area contributed by atoms with Gasteiger partial charge in [0, 0.05) is 11.6 Å². The average Bonchev–Trinajstić information content (AvgIpc) is 2.15. The lowest BCUT2D eigenvalue weighted by molar-refractivity contribution is 0.499. The molecule has 2 heteroatoms. The SMILES string of the molecule is CC(C)(C)/C(=C/c1ccc(Cl)cc1)CN. The van der Waals surface area contributed by atoms with Crippen molar-refractivity contribution >= 4 is 17.7 Å². The Morgan fingerprint density at radius 3 is 2.20 bits per heavy atom. The predicted molar refractivity (Wildman–Crippen MR) is 67.9 cm³/mol. The molecule has 0 saturated heterocycles. The summed E-state index contributed by atoms with van der Waals surface area (Å²) in [5, 5.41) is 0.761. The zero-order chi connectivity index (χ0) is 11.5. The van der Waals surface area contributed by atoms with Crippen molar-refractivity contribution in [1.82, 2.24) is 0 Å². The van der Waals surface area contributed by atoms with E-state index in [1.807, 2.05) is 24.3 Å². The molecule has 0 bridgehead atoms. The quantitative estimate of drug-likeness (QED) is 0.813. The van der Waals surface area contributed by atoms with Gasteiger partial charge in [-0.05, 0) is 23.1 Å². The summed E-state index contributed by atoms with van der Waals surface area (Å²) in [4.78, 5) is 0. The number of benzene rings is 1. The van der Waals surface area contributed by atoms with Crippen molar-refractivity contribution < 1.29 is 0 Å². The highest BCUT2D eigenvalue weighted by molar-refractivity contribution is 6.30. The van der Waals surface area contributed by atoms with Crippen LogP contribution in [0.15, 0.2) is 29.8 Å². The molecule has 0 radical (unpaired) electrons. The summed E-state index contributed by atoms with van der Waals surface area (Å²) in [6.45, 7) is 7.09. The van der Waals surface area contributed by atoms with Crippen LogP contribution in [0.3, 0.4) is 0 Å². The van der Waals surface area contributed by atoms with Gasteiger partial charge in [0.15, 0.2) is 0 Å². The molecule has 82 valence electrons. The summed E-state index contributed by atoms with van der Waals surface area (Å²) in [6, 6.07) is 7.79. The van der Waals surface area contributed by atoms with E-state index in [2.05, 4.69) is 26.8 Å². The molecule has 0 aliphatic carbocycles. The summed E-state index contributed by atoms with van der Waals surface area (Å²) in [5.41, 5.74) is 8.25. The first-order valence-corrected chi connectivity index (χ1v) is 5.48. The molecule has 15 heavy (non-hydrogen) atoms. The Morgan fingerprint density at radius 2 is 1.80 bits per heavy atom. The first-order valence-electron chi connectivity index (χ1n) is 5.10. The zero-order valence-corrected chi connectivity index (χ0v) is 10.3. The molecule has 1 aromatic rings. The third-order valence-electron chi connectivity index (χ3n) is 2.39. The summed E-state index contributed by atoms with van der Waals surface area (Å²) in [7, 11) is 0. The molecule has 1 rings (SSSR count). The number of hydrogen-bond donors (Lipinski definition) is 1. The van der Waals surface area contributed by atoms with Gasteiger partial charge in [0.1, 0.15) is 0 Å². The van der Waals surface area contributed by atoms with Gasteiger partial charge < -0.3 is 5.73 Å². The lowest BCUT2D eigenvalue weighted by atomic mass is 9.85. The van der Waals surface area contributed by atoms with Gasteiger partial charge in [0.25, 0.3) is 0 Å². The van der Waals surface area contributed by atoms with Crippen molar-refractivity contribution in [2.75, 3.05) is 6.54 Å². The number of nitrogens with two attached hydrogens (primary N) is 1. The van der Waals surface area contributed by atoms with Gasteiger partial charge in [-0.3, -0.25) is 0 Å². The maximum atomic E-state index is 5.83. The van der Waals surface area contributed by atoms with Crippen LogP contribution in [0.4, 0.5) is 0 Å². The number of halogens is 1. The fraction of sp³-hybridized carbons (Fsp3) is 0.385. The second-order valence-corrected chi connectivity index (χ2v) is 5.11. The van der Waals surface area contributed by atoms with E-state index >= 15 is 0 Å². The second kappa shape index (κ2) is 4.82. The van der Waals surface area contributed by atoms with Gasteiger partial charge >= 0.3 is 0 Å². The third-order valence-corrected chi connectivity index (χ3v) is 2.65. The average molecular weight is 224 g/mol. The Kier molecular flexibility index (Phi) is 3.95. The Morgan fingerprint density at radius 1 is 1.27 bits per heavy atom. The Bertz CT molecular complexity index is 344. The molecule has 0 fully saturated rings. The molecule has 0 heterocycles. The van der Waals surface area contributed by atoms with E-state index in [1.165, 1.54) is 5.57 Å². The molecule has 0 unspecified atom stereocenters. The summed E-state index contributed by atoms with van der Waals surface area (Å²) in [5.74, 6) is 0. The summed E-state index contributed by atoms with van der Waals surface area (Å²) >= 11 is 5.83. The van der Waals surface area contributed by atoms with Crippen LogP contribution in [0.1, 0.15) is 26.3 Å². The van der Waals surface area contributed by atoms with Crippen molar-refractivity contribution in [3.8, 4) is 0 Å². The van der Waals surface area contributed by atoms with Crippen molar-refractivity contribution in [2.45, 2.75) is 20.8 Å². The molecule has 2 N–H and O–H groups in total. The lowest BCUT2D eigenvalue weighted by Crippen LogP contribution is -2.17. The summed E-state index contributed by atoms with van der Waals surface area (Å²) < 4.78 is 0. The van der Waals surface area contributed by atoms with Gasteiger partial charge in [0.05, 0.1) is 0 Å². The van der Waals surface area contributed by atoms with Crippen molar-refractivity contribution in [3.05, 3.63) is 40.4 Å². The van der Waals surface area contributed by atoms with Crippen molar-refractivity contribution in [1.29, 1.82) is 0 Å². The smallest absolute Gasteiger partial charge is 0.0406 e. The number of hydrogen-bond acceptors (Lipinski definition) is 1. The molecule has 0 spiro atoms. The fourth-order valence-corrected chi connectivity index (χ4v) is 1.47. The molecule has 0 aromatic heterocycles. The molecule has 0 aliphatic heterocycles. The van der Waals surface area contributed by atoms with Crippen molar-refractivity contribution in [2.24, 2.45) is 11.1 Å². The van der Waals surface area contributed by atoms with Crippen LogP contribution in [-0.2, 0) is 0 Å². The third kappa shape index (κ3) is 3.69. The van der Waals surface area contributed by atoms with Gasteiger partial charge in [-0.15, -0.1) is 0 Å². The maximum Gasteiger partial charge on any atom is 0.0406 e. The topological polar surface area (TPSA) is 26.0 Å². The van der Waals surface area contributed by atoms with Crippen LogP contribution in [0, 0.1) is 5.41 Å². The molecule has 1 aromatic carbocycles. The predicted octanol–water partition coefficient (Wildman–Crippen LogP) is 3.73. The van der Waals surface area contributed by atoms with Crippen LogP contribution in [0.25, 0.3) is 6.08 Å². The van der Waals surface area contributed by atoms with Gasteiger partial charge in [-0.2, -0.15) is 0 Å². The van der Waals surface area contributed by atoms with Gasteiger partial charge in [-0.25, -0.2) is 0 Å². The van der Waals surface area contributed by atoms with Crippen LogP contribution >= 0.6 is 11.6 Å². The minimum atomic E-state index is 0.119. The highest BCUT2D eigenvalue weighted by Gasteiger charge is 2.15.